The SMILES string of the molecule is CCCCCOc1ccccc1CC(C(=O)O)c1ccc(CC)cc1. The predicted molar refractivity (Wildman–Crippen MR) is 101 cm³/mol. The maximum Gasteiger partial charge on any atom is 0.311 e. The highest BCUT2D eigenvalue weighted by Crippen LogP contribution is 2.27. The number of aliphatic carboxylic acids is 1. The summed E-state index contributed by atoms with van der Waals surface area (Å²) in [7, 11) is 0. The second-order valence-corrected chi connectivity index (χ2v) is 6.35. The van der Waals surface area contributed by atoms with Crippen molar-refractivity contribution >= 4 is 5.97 Å². The van der Waals surface area contributed by atoms with Gasteiger partial charge in [0.05, 0.1) is 12.5 Å². The zero-order valence-corrected chi connectivity index (χ0v) is 15.2. The molecular formula is C22H28O3. The van der Waals surface area contributed by atoms with Crippen LogP contribution in [0.2, 0.25) is 0 Å². The maximum atomic E-state index is 11.8. The van der Waals surface area contributed by atoms with E-state index in [2.05, 4.69) is 13.8 Å². The van der Waals surface area contributed by atoms with Crippen LogP contribution in [0.1, 0.15) is 55.7 Å². The minimum atomic E-state index is -0.801. The Kier molecular flexibility index (Phi) is 7.52. The fourth-order valence-corrected chi connectivity index (χ4v) is 2.90. The van der Waals surface area contributed by atoms with Gasteiger partial charge in [0.15, 0.2) is 0 Å². The lowest BCUT2D eigenvalue weighted by Crippen LogP contribution is -2.15. The van der Waals surface area contributed by atoms with Crippen LogP contribution < -0.4 is 4.74 Å². The molecule has 0 amide bonds. The third-order valence-corrected chi connectivity index (χ3v) is 4.49. The first kappa shape index (κ1) is 19.0. The van der Waals surface area contributed by atoms with Crippen molar-refractivity contribution in [1.82, 2.24) is 0 Å². The number of carboxylic acid groups (broad SMARTS) is 1. The summed E-state index contributed by atoms with van der Waals surface area (Å²) < 4.78 is 5.90. The Morgan fingerprint density at radius 1 is 1.04 bits per heavy atom. The third-order valence-electron chi connectivity index (χ3n) is 4.49. The summed E-state index contributed by atoms with van der Waals surface area (Å²) >= 11 is 0. The summed E-state index contributed by atoms with van der Waals surface area (Å²) in [6.07, 6.45) is 4.70. The standard InChI is InChI=1S/C22H28O3/c1-3-5-8-15-25-21-10-7-6-9-19(21)16-20(22(23)24)18-13-11-17(4-2)12-14-18/h6-7,9-14,20H,3-5,8,15-16H2,1-2H3,(H,23,24). The van der Waals surface area contributed by atoms with Gasteiger partial charge in [0.1, 0.15) is 5.75 Å². The number of carboxylic acids is 1. The number of ether oxygens (including phenoxy) is 1. The first-order chi connectivity index (χ1) is 12.2. The lowest BCUT2D eigenvalue weighted by molar-refractivity contribution is -0.138. The Hall–Kier alpha value is -2.29. The molecule has 134 valence electrons. The average Bonchev–Trinajstić information content (AvgIpc) is 2.64. The molecule has 2 aromatic carbocycles. The molecule has 0 aliphatic heterocycles. The summed E-state index contributed by atoms with van der Waals surface area (Å²) in [5, 5.41) is 9.71. The normalized spacial score (nSPS) is 11.9. The van der Waals surface area contributed by atoms with E-state index in [0.29, 0.717) is 13.0 Å². The van der Waals surface area contributed by atoms with Gasteiger partial charge < -0.3 is 9.84 Å². The van der Waals surface area contributed by atoms with Crippen molar-refractivity contribution in [3.63, 3.8) is 0 Å². The monoisotopic (exact) mass is 340 g/mol. The van der Waals surface area contributed by atoms with Gasteiger partial charge in [0.2, 0.25) is 0 Å². The number of hydrogen-bond acceptors (Lipinski definition) is 2. The molecule has 0 heterocycles. The molecule has 0 saturated heterocycles. The second kappa shape index (κ2) is 9.87. The summed E-state index contributed by atoms with van der Waals surface area (Å²) in [4.78, 5) is 11.8. The minimum Gasteiger partial charge on any atom is -0.493 e. The molecule has 2 aromatic rings. The number of para-hydroxylation sites is 1. The molecule has 0 bridgehead atoms. The number of aryl methyl sites for hydroxylation is 1. The largest absolute Gasteiger partial charge is 0.493 e. The molecule has 1 unspecified atom stereocenters. The highest BCUT2D eigenvalue weighted by molar-refractivity contribution is 5.76. The molecule has 0 aromatic heterocycles. The van der Waals surface area contributed by atoms with Gasteiger partial charge in [-0.05, 0) is 42.0 Å². The van der Waals surface area contributed by atoms with Gasteiger partial charge >= 0.3 is 5.97 Å². The lowest BCUT2D eigenvalue weighted by atomic mass is 9.91. The Labute approximate surface area is 150 Å². The van der Waals surface area contributed by atoms with Crippen LogP contribution in [-0.2, 0) is 17.6 Å². The first-order valence-corrected chi connectivity index (χ1v) is 9.18. The summed E-state index contributed by atoms with van der Waals surface area (Å²) in [6.45, 7) is 4.93. The van der Waals surface area contributed by atoms with Crippen molar-refractivity contribution < 1.29 is 14.6 Å². The maximum absolute atomic E-state index is 11.8. The number of benzene rings is 2. The van der Waals surface area contributed by atoms with Crippen molar-refractivity contribution in [1.29, 1.82) is 0 Å². The average molecular weight is 340 g/mol. The van der Waals surface area contributed by atoms with E-state index in [0.717, 1.165) is 42.6 Å². The van der Waals surface area contributed by atoms with Crippen molar-refractivity contribution in [2.75, 3.05) is 6.61 Å². The van der Waals surface area contributed by atoms with E-state index in [4.69, 9.17) is 4.74 Å². The van der Waals surface area contributed by atoms with E-state index in [1.807, 2.05) is 48.5 Å². The minimum absolute atomic E-state index is 0.435. The van der Waals surface area contributed by atoms with Gasteiger partial charge in [-0.1, -0.05) is 69.2 Å². The summed E-state index contributed by atoms with van der Waals surface area (Å²) in [6, 6.07) is 15.7. The number of unbranched alkanes of at least 4 members (excludes halogenated alkanes) is 2. The molecule has 25 heavy (non-hydrogen) atoms. The van der Waals surface area contributed by atoms with Crippen LogP contribution in [0, 0.1) is 0 Å². The molecule has 1 atom stereocenters. The van der Waals surface area contributed by atoms with Crippen molar-refractivity contribution in [2.45, 2.75) is 51.9 Å². The van der Waals surface area contributed by atoms with Crippen LogP contribution in [-0.4, -0.2) is 17.7 Å². The summed E-state index contributed by atoms with van der Waals surface area (Å²) in [5.41, 5.74) is 3.00. The van der Waals surface area contributed by atoms with Gasteiger partial charge in [-0.3, -0.25) is 4.79 Å². The smallest absolute Gasteiger partial charge is 0.311 e. The van der Waals surface area contributed by atoms with Crippen LogP contribution >= 0.6 is 0 Å². The molecule has 1 N–H and O–H groups in total. The molecule has 0 aliphatic carbocycles. The van der Waals surface area contributed by atoms with Crippen molar-refractivity contribution in [2.24, 2.45) is 0 Å². The molecule has 0 aliphatic rings. The molecule has 2 rings (SSSR count). The Balaban J connectivity index is 2.14. The second-order valence-electron chi connectivity index (χ2n) is 6.35. The molecule has 0 spiro atoms. The lowest BCUT2D eigenvalue weighted by Gasteiger charge is -2.16. The Morgan fingerprint density at radius 3 is 2.40 bits per heavy atom. The van der Waals surface area contributed by atoms with Crippen LogP contribution in [0.15, 0.2) is 48.5 Å². The zero-order chi connectivity index (χ0) is 18.1. The van der Waals surface area contributed by atoms with E-state index in [1.54, 1.807) is 0 Å². The van der Waals surface area contributed by atoms with Crippen LogP contribution in [0.3, 0.4) is 0 Å². The van der Waals surface area contributed by atoms with Gasteiger partial charge in [-0.2, -0.15) is 0 Å². The van der Waals surface area contributed by atoms with Crippen LogP contribution in [0.25, 0.3) is 0 Å². The van der Waals surface area contributed by atoms with Crippen LogP contribution in [0.5, 0.6) is 5.75 Å². The molecular weight excluding hydrogens is 312 g/mol. The molecule has 0 fully saturated rings. The number of carbonyl (C=O) groups is 1. The van der Waals surface area contributed by atoms with Gasteiger partial charge in [0.25, 0.3) is 0 Å². The van der Waals surface area contributed by atoms with E-state index in [1.165, 1.54) is 5.56 Å². The van der Waals surface area contributed by atoms with E-state index in [-0.39, 0.29) is 0 Å². The Bertz CT molecular complexity index is 661. The summed E-state index contributed by atoms with van der Waals surface area (Å²) in [5.74, 6) is -0.564. The highest BCUT2D eigenvalue weighted by Gasteiger charge is 2.22. The number of rotatable bonds is 10. The Morgan fingerprint density at radius 2 is 1.76 bits per heavy atom. The fourth-order valence-electron chi connectivity index (χ4n) is 2.90. The molecule has 3 nitrogen and oxygen atoms in total. The van der Waals surface area contributed by atoms with Gasteiger partial charge in [0, 0.05) is 0 Å². The van der Waals surface area contributed by atoms with Crippen molar-refractivity contribution in [3.8, 4) is 5.75 Å². The van der Waals surface area contributed by atoms with E-state index in [9.17, 15) is 9.90 Å². The van der Waals surface area contributed by atoms with Gasteiger partial charge in [-0.15, -0.1) is 0 Å². The highest BCUT2D eigenvalue weighted by atomic mass is 16.5. The molecule has 0 saturated carbocycles. The zero-order valence-electron chi connectivity index (χ0n) is 15.2. The van der Waals surface area contributed by atoms with E-state index < -0.39 is 11.9 Å². The molecule has 3 heteroatoms. The number of hydrogen-bond donors (Lipinski definition) is 1. The van der Waals surface area contributed by atoms with Gasteiger partial charge in [-0.25, -0.2) is 0 Å². The third kappa shape index (κ3) is 5.63. The first-order valence-electron chi connectivity index (χ1n) is 9.18. The quantitative estimate of drug-likeness (QED) is 0.602. The van der Waals surface area contributed by atoms with E-state index >= 15 is 0 Å². The predicted octanol–water partition coefficient (Wildman–Crippen LogP) is 5.23. The van der Waals surface area contributed by atoms with Crippen LogP contribution in [0.4, 0.5) is 0 Å². The molecule has 0 radical (unpaired) electrons. The van der Waals surface area contributed by atoms with Crippen molar-refractivity contribution in [3.05, 3.63) is 65.2 Å². The topological polar surface area (TPSA) is 46.5 Å². The fraction of sp³-hybridized carbons (Fsp3) is 0.409.